The molecule has 1 aliphatic heterocycles. The number of hydrogen-bond donors (Lipinski definition) is 1. The first-order valence-corrected chi connectivity index (χ1v) is 6.74. The van der Waals surface area contributed by atoms with Gasteiger partial charge in [0.1, 0.15) is 6.54 Å². The molecule has 0 aromatic carbocycles. The molecule has 0 saturated carbocycles. The van der Waals surface area contributed by atoms with Crippen molar-refractivity contribution in [3.63, 3.8) is 0 Å². The second-order valence-corrected chi connectivity index (χ2v) is 5.23. The summed E-state index contributed by atoms with van der Waals surface area (Å²) < 4.78 is 1.25. The van der Waals surface area contributed by atoms with Crippen LogP contribution >= 0.6 is 0 Å². The zero-order valence-electron chi connectivity index (χ0n) is 11.9. The van der Waals surface area contributed by atoms with Crippen molar-refractivity contribution in [1.82, 2.24) is 19.4 Å². The first-order valence-electron chi connectivity index (χ1n) is 6.74. The number of carbonyl (C=O) groups excluding carboxylic acids is 2. The number of hydrogen-bond acceptors (Lipinski definition) is 5. The lowest BCUT2D eigenvalue weighted by atomic mass is 10.1. The summed E-state index contributed by atoms with van der Waals surface area (Å²) in [4.78, 5) is 42.4. The Kier molecular flexibility index (Phi) is 4.69. The van der Waals surface area contributed by atoms with Crippen molar-refractivity contribution >= 4 is 11.8 Å². The molecule has 1 fully saturated rings. The maximum atomic E-state index is 12.3. The minimum absolute atomic E-state index is 0.0815. The summed E-state index contributed by atoms with van der Waals surface area (Å²) in [5.41, 5.74) is 4.90. The van der Waals surface area contributed by atoms with E-state index in [2.05, 4.69) is 4.98 Å². The van der Waals surface area contributed by atoms with Gasteiger partial charge in [0.15, 0.2) is 0 Å². The molecule has 2 heterocycles. The SMILES string of the molecule is CN1CCN(C(=O)Cn2cccnc2=O)CC(C(N)=O)C1. The van der Waals surface area contributed by atoms with Gasteiger partial charge in [0.05, 0.1) is 5.92 Å². The molecule has 0 radical (unpaired) electrons. The van der Waals surface area contributed by atoms with E-state index in [1.54, 1.807) is 11.0 Å². The third-order valence-electron chi connectivity index (χ3n) is 3.57. The van der Waals surface area contributed by atoms with Crippen molar-refractivity contribution in [2.45, 2.75) is 6.54 Å². The van der Waals surface area contributed by atoms with Gasteiger partial charge in [-0.1, -0.05) is 0 Å². The molecule has 21 heavy (non-hydrogen) atoms. The van der Waals surface area contributed by atoms with E-state index in [0.717, 1.165) is 0 Å². The van der Waals surface area contributed by atoms with Gasteiger partial charge in [0.2, 0.25) is 11.8 Å². The molecular formula is C13H19N5O3. The molecule has 8 heteroatoms. The molecule has 2 rings (SSSR count). The van der Waals surface area contributed by atoms with Gasteiger partial charge < -0.3 is 15.5 Å². The average Bonchev–Trinajstić information content (AvgIpc) is 2.63. The molecule has 1 saturated heterocycles. The lowest BCUT2D eigenvalue weighted by Gasteiger charge is -2.22. The Balaban J connectivity index is 2.09. The molecule has 114 valence electrons. The van der Waals surface area contributed by atoms with Crippen LogP contribution in [0.2, 0.25) is 0 Å². The predicted molar refractivity (Wildman–Crippen MR) is 75.3 cm³/mol. The normalized spacial score (nSPS) is 20.0. The number of likely N-dealkylation sites (N-methyl/N-ethyl adjacent to an activating group) is 1. The molecule has 2 N–H and O–H groups in total. The van der Waals surface area contributed by atoms with Crippen molar-refractivity contribution in [1.29, 1.82) is 0 Å². The number of rotatable bonds is 3. The number of nitrogens with zero attached hydrogens (tertiary/aromatic N) is 4. The molecule has 8 nitrogen and oxygen atoms in total. The quantitative estimate of drug-likeness (QED) is 0.703. The second-order valence-electron chi connectivity index (χ2n) is 5.23. The minimum atomic E-state index is -0.468. The molecule has 0 spiro atoms. The number of primary amides is 1. The third-order valence-corrected chi connectivity index (χ3v) is 3.57. The summed E-state index contributed by atoms with van der Waals surface area (Å²) in [6.07, 6.45) is 2.90. The van der Waals surface area contributed by atoms with Crippen LogP contribution in [-0.2, 0) is 16.1 Å². The van der Waals surface area contributed by atoms with Crippen LogP contribution in [0.15, 0.2) is 23.3 Å². The largest absolute Gasteiger partial charge is 0.369 e. The van der Waals surface area contributed by atoms with Crippen LogP contribution in [-0.4, -0.2) is 64.4 Å². The predicted octanol–water partition coefficient (Wildman–Crippen LogP) is -1.88. The number of aromatic nitrogens is 2. The highest BCUT2D eigenvalue weighted by Gasteiger charge is 2.27. The van der Waals surface area contributed by atoms with Crippen molar-refractivity contribution in [2.75, 3.05) is 33.2 Å². The van der Waals surface area contributed by atoms with Crippen LogP contribution in [0.3, 0.4) is 0 Å². The van der Waals surface area contributed by atoms with E-state index in [0.29, 0.717) is 19.6 Å². The van der Waals surface area contributed by atoms with Crippen LogP contribution in [0.5, 0.6) is 0 Å². The maximum absolute atomic E-state index is 12.3. The smallest absolute Gasteiger partial charge is 0.347 e. The summed E-state index contributed by atoms with van der Waals surface area (Å²) in [6, 6.07) is 1.59. The highest BCUT2D eigenvalue weighted by molar-refractivity contribution is 5.80. The summed E-state index contributed by atoms with van der Waals surface area (Å²) in [7, 11) is 1.88. The fourth-order valence-electron chi connectivity index (χ4n) is 2.33. The molecule has 1 aromatic rings. The highest BCUT2D eigenvalue weighted by atomic mass is 16.2. The van der Waals surface area contributed by atoms with Gasteiger partial charge in [-0.15, -0.1) is 0 Å². The van der Waals surface area contributed by atoms with E-state index in [9.17, 15) is 14.4 Å². The van der Waals surface area contributed by atoms with Crippen LogP contribution < -0.4 is 11.4 Å². The van der Waals surface area contributed by atoms with Gasteiger partial charge in [-0.25, -0.2) is 9.78 Å². The Hall–Kier alpha value is -2.22. The molecule has 0 aliphatic carbocycles. The molecule has 1 atom stereocenters. The van der Waals surface area contributed by atoms with Gasteiger partial charge in [-0.2, -0.15) is 0 Å². The van der Waals surface area contributed by atoms with Crippen LogP contribution in [0, 0.1) is 5.92 Å². The summed E-state index contributed by atoms with van der Waals surface area (Å²) in [5, 5.41) is 0. The summed E-state index contributed by atoms with van der Waals surface area (Å²) in [6.45, 7) is 1.91. The molecular weight excluding hydrogens is 274 g/mol. The van der Waals surface area contributed by atoms with Gasteiger partial charge in [0, 0.05) is 38.6 Å². The molecule has 0 bridgehead atoms. The summed E-state index contributed by atoms with van der Waals surface area (Å²) in [5.74, 6) is -1.03. The average molecular weight is 293 g/mol. The van der Waals surface area contributed by atoms with Crippen LogP contribution in [0.1, 0.15) is 0 Å². The van der Waals surface area contributed by atoms with Crippen LogP contribution in [0.25, 0.3) is 0 Å². The van der Waals surface area contributed by atoms with E-state index >= 15 is 0 Å². The van der Waals surface area contributed by atoms with E-state index in [1.165, 1.54) is 17.0 Å². The van der Waals surface area contributed by atoms with Crippen LogP contribution in [0.4, 0.5) is 0 Å². The second kappa shape index (κ2) is 6.49. The Morgan fingerprint density at radius 3 is 2.81 bits per heavy atom. The molecule has 1 unspecified atom stereocenters. The molecule has 2 amide bonds. The first-order chi connectivity index (χ1) is 9.97. The molecule has 1 aromatic heterocycles. The Bertz CT molecular complexity index is 585. The zero-order valence-corrected chi connectivity index (χ0v) is 11.9. The Morgan fingerprint density at radius 2 is 2.14 bits per heavy atom. The van der Waals surface area contributed by atoms with E-state index in [4.69, 9.17) is 5.73 Å². The standard InChI is InChI=1S/C13H19N5O3/c1-16-5-6-17(8-10(7-16)12(14)20)11(19)9-18-4-2-3-15-13(18)21/h2-4,10H,5-9H2,1H3,(H2,14,20). The number of nitrogens with two attached hydrogens (primary N) is 1. The van der Waals surface area contributed by atoms with E-state index in [-0.39, 0.29) is 19.0 Å². The first kappa shape index (κ1) is 15.2. The minimum Gasteiger partial charge on any atom is -0.369 e. The monoisotopic (exact) mass is 293 g/mol. The Morgan fingerprint density at radius 1 is 1.38 bits per heavy atom. The van der Waals surface area contributed by atoms with Gasteiger partial charge in [-0.3, -0.25) is 14.2 Å². The maximum Gasteiger partial charge on any atom is 0.347 e. The number of carbonyl (C=O) groups is 2. The lowest BCUT2D eigenvalue weighted by Crippen LogP contribution is -2.42. The fraction of sp³-hybridized carbons (Fsp3) is 0.538. The van der Waals surface area contributed by atoms with E-state index < -0.39 is 17.5 Å². The topological polar surface area (TPSA) is 102 Å². The zero-order chi connectivity index (χ0) is 15.4. The molecule has 1 aliphatic rings. The lowest BCUT2D eigenvalue weighted by molar-refractivity contribution is -0.133. The summed E-state index contributed by atoms with van der Waals surface area (Å²) >= 11 is 0. The Labute approximate surface area is 122 Å². The third kappa shape index (κ3) is 3.88. The van der Waals surface area contributed by atoms with Crippen molar-refractivity contribution in [3.05, 3.63) is 28.9 Å². The van der Waals surface area contributed by atoms with Crippen molar-refractivity contribution in [3.8, 4) is 0 Å². The van der Waals surface area contributed by atoms with Gasteiger partial charge in [0.25, 0.3) is 0 Å². The van der Waals surface area contributed by atoms with Gasteiger partial charge >= 0.3 is 5.69 Å². The highest BCUT2D eigenvalue weighted by Crippen LogP contribution is 2.09. The fourth-order valence-corrected chi connectivity index (χ4v) is 2.33. The number of amides is 2. The van der Waals surface area contributed by atoms with Crippen molar-refractivity contribution < 1.29 is 9.59 Å². The van der Waals surface area contributed by atoms with Gasteiger partial charge in [-0.05, 0) is 13.1 Å². The van der Waals surface area contributed by atoms with Crippen molar-refractivity contribution in [2.24, 2.45) is 11.7 Å². The van der Waals surface area contributed by atoms with E-state index in [1.807, 2.05) is 11.9 Å².